The predicted octanol–water partition coefficient (Wildman–Crippen LogP) is 1.47. The minimum atomic E-state index is -0.753. The summed E-state index contributed by atoms with van der Waals surface area (Å²) >= 11 is 4.92. The van der Waals surface area contributed by atoms with Crippen LogP contribution in [0, 0.1) is 4.77 Å². The Morgan fingerprint density at radius 2 is 2.00 bits per heavy atom. The molecule has 10 nitrogen and oxygen atoms in total. The molecule has 0 saturated carbocycles. The lowest BCUT2D eigenvalue weighted by Gasteiger charge is -2.13. The van der Waals surface area contributed by atoms with Crippen LogP contribution in [0.25, 0.3) is 0 Å². The Labute approximate surface area is 153 Å². The summed E-state index contributed by atoms with van der Waals surface area (Å²) in [4.78, 5) is 40.5. The molecule has 0 aliphatic carbocycles. The lowest BCUT2D eigenvalue weighted by molar-refractivity contribution is -0.114. The van der Waals surface area contributed by atoms with Crippen molar-refractivity contribution in [3.63, 3.8) is 0 Å². The van der Waals surface area contributed by atoms with Gasteiger partial charge in [0.25, 0.3) is 5.91 Å². The summed E-state index contributed by atoms with van der Waals surface area (Å²) in [6.45, 7) is 0. The number of oxime groups is 1. The van der Waals surface area contributed by atoms with Gasteiger partial charge in [-0.25, -0.2) is 9.78 Å². The van der Waals surface area contributed by atoms with Gasteiger partial charge in [0.1, 0.15) is 19.2 Å². The smallest absolute Gasteiger partial charge is 0.323 e. The lowest BCUT2D eigenvalue weighted by atomic mass is 10.1. The van der Waals surface area contributed by atoms with Crippen molar-refractivity contribution in [2.45, 2.75) is 0 Å². The first kappa shape index (κ1) is 19.0. The number of aromatic nitrogens is 3. The zero-order chi connectivity index (χ0) is 19.1. The number of H-pyrrole nitrogens is 1. The maximum absolute atomic E-state index is 12.4. The molecular weight excluding hydrogens is 360 g/mol. The molecule has 0 unspecified atom stereocenters. The Hall–Kier alpha value is -3.34. The van der Waals surface area contributed by atoms with Gasteiger partial charge in [0, 0.05) is 14.1 Å². The minimum absolute atomic E-state index is 0.0824. The number of rotatable bonds is 5. The van der Waals surface area contributed by atoms with Crippen molar-refractivity contribution in [1.29, 1.82) is 0 Å². The van der Waals surface area contributed by atoms with E-state index in [4.69, 9.17) is 21.8 Å². The fourth-order valence-electron chi connectivity index (χ4n) is 1.77. The van der Waals surface area contributed by atoms with Gasteiger partial charge in [0.2, 0.25) is 4.77 Å². The molecule has 1 heterocycles. The number of hydrogen-bond acceptors (Lipinski definition) is 8. The third kappa shape index (κ3) is 4.83. The van der Waals surface area contributed by atoms with Crippen molar-refractivity contribution in [3.05, 3.63) is 40.9 Å². The monoisotopic (exact) mass is 376 g/mol. The number of urea groups is 1. The molecule has 2 N–H and O–H groups in total. The zero-order valence-electron chi connectivity index (χ0n) is 14.2. The van der Waals surface area contributed by atoms with E-state index in [0.717, 1.165) is 0 Å². The highest BCUT2D eigenvalue weighted by Crippen LogP contribution is 2.23. The van der Waals surface area contributed by atoms with Crippen LogP contribution in [0.2, 0.25) is 0 Å². The molecular formula is C15H16N6O4S. The average Bonchev–Trinajstić information content (AvgIpc) is 2.60. The number of carbonyl (C=O) groups is 2. The first-order valence-corrected chi connectivity index (χ1v) is 7.65. The average molecular weight is 376 g/mol. The number of imide groups is 1. The minimum Gasteiger partial charge on any atom is -0.425 e. The molecule has 2 aromatic rings. The Kier molecular flexibility index (Phi) is 6.33. The molecule has 3 amide bonds. The normalized spacial score (nSPS) is 10.8. The number of nitrogens with zero attached hydrogens (tertiary/aromatic N) is 4. The van der Waals surface area contributed by atoms with E-state index >= 15 is 0 Å². The summed E-state index contributed by atoms with van der Waals surface area (Å²) in [5.41, 5.74) is 0.141. The summed E-state index contributed by atoms with van der Waals surface area (Å²) in [5, 5.41) is 5.91. The Balaban J connectivity index is 2.38. The van der Waals surface area contributed by atoms with Gasteiger partial charge in [-0.05, 0) is 24.4 Å². The van der Waals surface area contributed by atoms with Crippen LogP contribution in [-0.2, 0) is 9.63 Å². The number of para-hydroxylation sites is 1. The van der Waals surface area contributed by atoms with Crippen LogP contribution in [0.5, 0.6) is 11.8 Å². The van der Waals surface area contributed by atoms with Crippen molar-refractivity contribution < 1.29 is 19.2 Å². The van der Waals surface area contributed by atoms with Crippen LogP contribution in [-0.4, -0.2) is 58.7 Å². The molecule has 11 heteroatoms. The summed E-state index contributed by atoms with van der Waals surface area (Å²) < 4.78 is 5.82. The topological polar surface area (TPSA) is 122 Å². The number of amides is 3. The Morgan fingerprint density at radius 1 is 1.27 bits per heavy atom. The Morgan fingerprint density at radius 3 is 2.65 bits per heavy atom. The van der Waals surface area contributed by atoms with Crippen LogP contribution < -0.4 is 10.1 Å². The van der Waals surface area contributed by atoms with Gasteiger partial charge < -0.3 is 14.5 Å². The molecule has 136 valence electrons. The number of ether oxygens (including phenoxy) is 1. The molecule has 0 atom stereocenters. The lowest BCUT2D eigenvalue weighted by Crippen LogP contribution is -2.42. The molecule has 1 aromatic carbocycles. The van der Waals surface area contributed by atoms with Gasteiger partial charge in [0.15, 0.2) is 5.71 Å². The van der Waals surface area contributed by atoms with E-state index < -0.39 is 11.9 Å². The van der Waals surface area contributed by atoms with E-state index in [0.29, 0.717) is 0 Å². The van der Waals surface area contributed by atoms with E-state index in [2.05, 4.69) is 25.4 Å². The van der Waals surface area contributed by atoms with Crippen LogP contribution >= 0.6 is 12.2 Å². The quantitative estimate of drug-likeness (QED) is 0.460. The molecule has 0 radical (unpaired) electrons. The van der Waals surface area contributed by atoms with Gasteiger partial charge in [-0.1, -0.05) is 17.3 Å². The molecule has 0 saturated heterocycles. The standard InChI is InChI=1S/C15H16N6O4S/c1-21(2)15(23)18-12(22)11(20-24-3)9-6-4-5-7-10(9)25-13-16-8-17-14(26)19-13/h4-8H,1-3H3,(H,18,22,23)(H,16,17,19,26)/b20-11+. The molecule has 2 rings (SSSR count). The summed E-state index contributed by atoms with van der Waals surface area (Å²) in [6.07, 6.45) is 1.24. The van der Waals surface area contributed by atoms with E-state index in [1.807, 2.05) is 0 Å². The van der Waals surface area contributed by atoms with Crippen molar-refractivity contribution in [1.82, 2.24) is 25.2 Å². The van der Waals surface area contributed by atoms with E-state index in [9.17, 15) is 9.59 Å². The van der Waals surface area contributed by atoms with E-state index in [-0.39, 0.29) is 27.8 Å². The molecule has 0 bridgehead atoms. The highest BCUT2D eigenvalue weighted by atomic mass is 32.1. The van der Waals surface area contributed by atoms with Crippen LogP contribution in [0.3, 0.4) is 0 Å². The van der Waals surface area contributed by atoms with Crippen LogP contribution in [0.15, 0.2) is 35.7 Å². The van der Waals surface area contributed by atoms with Crippen molar-refractivity contribution in [3.8, 4) is 11.8 Å². The van der Waals surface area contributed by atoms with Crippen molar-refractivity contribution in [2.24, 2.45) is 5.16 Å². The summed E-state index contributed by atoms with van der Waals surface area (Å²) in [6, 6.07) is 6.04. The fraction of sp³-hybridized carbons (Fsp3) is 0.200. The number of benzene rings is 1. The van der Waals surface area contributed by atoms with Gasteiger partial charge in [-0.3, -0.25) is 15.1 Å². The third-order valence-corrected chi connectivity index (χ3v) is 3.14. The molecule has 0 fully saturated rings. The molecule has 0 aliphatic rings. The predicted molar refractivity (Wildman–Crippen MR) is 94.5 cm³/mol. The molecule has 1 aromatic heterocycles. The zero-order valence-corrected chi connectivity index (χ0v) is 15.0. The second kappa shape index (κ2) is 8.67. The largest absolute Gasteiger partial charge is 0.425 e. The van der Waals surface area contributed by atoms with Gasteiger partial charge in [0.05, 0.1) is 5.56 Å². The number of aromatic amines is 1. The fourth-order valence-corrected chi connectivity index (χ4v) is 1.90. The van der Waals surface area contributed by atoms with E-state index in [1.54, 1.807) is 24.3 Å². The summed E-state index contributed by atoms with van der Waals surface area (Å²) in [5.74, 6) is -0.502. The molecule has 0 spiro atoms. The maximum Gasteiger partial charge on any atom is 0.323 e. The first-order valence-electron chi connectivity index (χ1n) is 7.24. The van der Waals surface area contributed by atoms with Gasteiger partial charge in [-0.2, -0.15) is 4.98 Å². The van der Waals surface area contributed by atoms with Crippen molar-refractivity contribution >= 4 is 29.9 Å². The van der Waals surface area contributed by atoms with Crippen LogP contribution in [0.1, 0.15) is 5.56 Å². The van der Waals surface area contributed by atoms with Crippen molar-refractivity contribution in [2.75, 3.05) is 21.2 Å². The first-order chi connectivity index (χ1) is 12.4. The van der Waals surface area contributed by atoms with Crippen LogP contribution in [0.4, 0.5) is 4.79 Å². The van der Waals surface area contributed by atoms with E-state index in [1.165, 1.54) is 32.4 Å². The number of carbonyl (C=O) groups excluding carboxylic acids is 2. The van der Waals surface area contributed by atoms with Gasteiger partial charge in [-0.15, -0.1) is 0 Å². The second-order valence-electron chi connectivity index (χ2n) is 4.98. The second-order valence-corrected chi connectivity index (χ2v) is 5.37. The molecule has 26 heavy (non-hydrogen) atoms. The third-order valence-electron chi connectivity index (χ3n) is 2.94. The molecule has 0 aliphatic heterocycles. The SMILES string of the molecule is CO/N=C(/C(=O)NC(=O)N(C)C)c1ccccc1Oc1ncnc(=S)[nH]1. The highest BCUT2D eigenvalue weighted by Gasteiger charge is 2.22. The maximum atomic E-state index is 12.4. The Bertz CT molecular complexity index is 895. The number of hydrogen-bond donors (Lipinski definition) is 2. The highest BCUT2D eigenvalue weighted by molar-refractivity contribution is 7.71. The number of nitrogens with one attached hydrogen (secondary N) is 2. The summed E-state index contributed by atoms with van der Waals surface area (Å²) in [7, 11) is 4.29. The van der Waals surface area contributed by atoms with Gasteiger partial charge >= 0.3 is 12.0 Å².